The van der Waals surface area contributed by atoms with Crippen molar-refractivity contribution < 1.29 is 9.90 Å². The minimum Gasteiger partial charge on any atom is -0.393 e. The summed E-state index contributed by atoms with van der Waals surface area (Å²) in [5.74, 6) is 1.03. The molecule has 6 nitrogen and oxygen atoms in total. The van der Waals surface area contributed by atoms with Crippen molar-refractivity contribution in [1.82, 2.24) is 20.5 Å². The number of aromatic nitrogens is 3. The third-order valence-electron chi connectivity index (χ3n) is 3.38. The van der Waals surface area contributed by atoms with E-state index >= 15 is 0 Å². The van der Waals surface area contributed by atoms with Crippen molar-refractivity contribution in [3.8, 4) is 0 Å². The summed E-state index contributed by atoms with van der Waals surface area (Å²) in [6.45, 7) is 2.54. The molecule has 2 rings (SSSR count). The van der Waals surface area contributed by atoms with Crippen LogP contribution in [0.4, 0.5) is 0 Å². The van der Waals surface area contributed by atoms with Crippen molar-refractivity contribution in [1.29, 1.82) is 0 Å². The Hall–Kier alpha value is -1.43. The van der Waals surface area contributed by atoms with Crippen LogP contribution in [0.2, 0.25) is 0 Å². The molecule has 1 heterocycles. The van der Waals surface area contributed by atoms with Crippen molar-refractivity contribution in [3.05, 3.63) is 11.6 Å². The van der Waals surface area contributed by atoms with Crippen molar-refractivity contribution in [2.24, 2.45) is 5.92 Å². The molecule has 3 N–H and O–H groups in total. The molecule has 0 aromatic carbocycles. The minimum absolute atomic E-state index is 0.197. The summed E-state index contributed by atoms with van der Waals surface area (Å²) < 4.78 is 0. The van der Waals surface area contributed by atoms with Gasteiger partial charge in [0.1, 0.15) is 5.82 Å². The first kappa shape index (κ1) is 13.0. The molecule has 1 saturated carbocycles. The lowest BCUT2D eigenvalue weighted by molar-refractivity contribution is 0.0866. The largest absolute Gasteiger partial charge is 0.393 e. The van der Waals surface area contributed by atoms with Crippen LogP contribution >= 0.6 is 0 Å². The molecule has 1 aliphatic carbocycles. The molecule has 2 atom stereocenters. The molecule has 0 saturated heterocycles. The lowest BCUT2D eigenvalue weighted by Crippen LogP contribution is -2.33. The summed E-state index contributed by atoms with van der Waals surface area (Å²) in [6.07, 6.45) is 4.26. The number of carbonyl (C=O) groups is 1. The van der Waals surface area contributed by atoms with Crippen LogP contribution in [0.3, 0.4) is 0 Å². The Bertz CT molecular complexity index is 405. The zero-order chi connectivity index (χ0) is 13.0. The van der Waals surface area contributed by atoms with Crippen LogP contribution in [0.1, 0.15) is 49.1 Å². The molecule has 1 aromatic rings. The van der Waals surface area contributed by atoms with Gasteiger partial charge in [-0.2, -0.15) is 0 Å². The fraction of sp³-hybridized carbons (Fsp3) is 0.750. The molecule has 1 fully saturated rings. The number of amides is 1. The number of aromatic amines is 1. The Kier molecular flexibility index (Phi) is 4.30. The maximum Gasteiger partial charge on any atom is 0.290 e. The average Bonchev–Trinajstić information content (AvgIpc) is 2.85. The highest BCUT2D eigenvalue weighted by molar-refractivity contribution is 5.90. The Labute approximate surface area is 106 Å². The van der Waals surface area contributed by atoms with E-state index in [0.29, 0.717) is 18.3 Å². The summed E-state index contributed by atoms with van der Waals surface area (Å²) >= 11 is 0. The summed E-state index contributed by atoms with van der Waals surface area (Å²) in [7, 11) is 0. The van der Waals surface area contributed by atoms with Gasteiger partial charge in [-0.05, 0) is 25.2 Å². The van der Waals surface area contributed by atoms with Gasteiger partial charge < -0.3 is 10.4 Å². The van der Waals surface area contributed by atoms with E-state index in [-0.39, 0.29) is 17.8 Å². The fourth-order valence-electron chi connectivity index (χ4n) is 2.32. The molecule has 1 aliphatic rings. The van der Waals surface area contributed by atoms with Crippen LogP contribution in [0.25, 0.3) is 0 Å². The van der Waals surface area contributed by atoms with Crippen LogP contribution in [0.15, 0.2) is 0 Å². The number of H-pyrrole nitrogens is 1. The van der Waals surface area contributed by atoms with Crippen LogP contribution in [-0.2, 0) is 6.42 Å². The second-order valence-corrected chi connectivity index (χ2v) is 4.86. The van der Waals surface area contributed by atoms with Crippen molar-refractivity contribution >= 4 is 5.91 Å². The standard InChI is InChI=1S/C12H20N4O2/c1-2-10-14-11(16-15-10)12(18)13-7-8-4-3-5-9(17)6-8/h8-9,17H,2-7H2,1H3,(H,13,18)(H,14,15,16). The van der Waals surface area contributed by atoms with Gasteiger partial charge in [-0.25, -0.2) is 4.98 Å². The van der Waals surface area contributed by atoms with E-state index in [0.717, 1.165) is 32.1 Å². The maximum atomic E-state index is 11.8. The fourth-order valence-corrected chi connectivity index (χ4v) is 2.32. The van der Waals surface area contributed by atoms with Gasteiger partial charge in [0.15, 0.2) is 0 Å². The Morgan fingerprint density at radius 1 is 1.56 bits per heavy atom. The molecular weight excluding hydrogens is 232 g/mol. The number of aliphatic hydroxyl groups is 1. The quantitative estimate of drug-likeness (QED) is 0.733. The van der Waals surface area contributed by atoms with Gasteiger partial charge in [-0.3, -0.25) is 9.89 Å². The number of aryl methyl sites for hydroxylation is 1. The third kappa shape index (κ3) is 3.29. The van der Waals surface area contributed by atoms with Crippen molar-refractivity contribution in [2.45, 2.75) is 45.1 Å². The molecule has 2 unspecified atom stereocenters. The van der Waals surface area contributed by atoms with E-state index in [2.05, 4.69) is 20.5 Å². The smallest absolute Gasteiger partial charge is 0.290 e. The molecule has 0 radical (unpaired) electrons. The Balaban J connectivity index is 1.80. The van der Waals surface area contributed by atoms with Gasteiger partial charge in [0.2, 0.25) is 5.82 Å². The lowest BCUT2D eigenvalue weighted by Gasteiger charge is -2.25. The van der Waals surface area contributed by atoms with E-state index in [4.69, 9.17) is 0 Å². The number of aliphatic hydroxyl groups excluding tert-OH is 1. The van der Waals surface area contributed by atoms with Crippen molar-refractivity contribution in [3.63, 3.8) is 0 Å². The van der Waals surface area contributed by atoms with Gasteiger partial charge in [0.05, 0.1) is 6.10 Å². The second-order valence-electron chi connectivity index (χ2n) is 4.86. The molecule has 1 amide bonds. The van der Waals surface area contributed by atoms with E-state index < -0.39 is 0 Å². The number of rotatable bonds is 4. The van der Waals surface area contributed by atoms with E-state index in [1.165, 1.54) is 0 Å². The minimum atomic E-state index is -0.244. The van der Waals surface area contributed by atoms with E-state index in [1.807, 2.05) is 6.92 Å². The molecule has 100 valence electrons. The number of hydrogen-bond acceptors (Lipinski definition) is 4. The van der Waals surface area contributed by atoms with Crippen molar-refractivity contribution in [2.75, 3.05) is 6.54 Å². The average molecular weight is 252 g/mol. The molecule has 18 heavy (non-hydrogen) atoms. The molecule has 6 heteroatoms. The molecule has 0 spiro atoms. The highest BCUT2D eigenvalue weighted by Gasteiger charge is 2.21. The predicted octanol–water partition coefficient (Wildman–Crippen LogP) is 0.648. The number of hydrogen-bond donors (Lipinski definition) is 3. The van der Waals surface area contributed by atoms with Gasteiger partial charge in [-0.1, -0.05) is 13.3 Å². The lowest BCUT2D eigenvalue weighted by atomic mass is 9.87. The molecule has 0 aliphatic heterocycles. The monoisotopic (exact) mass is 252 g/mol. The molecular formula is C12H20N4O2. The van der Waals surface area contributed by atoms with E-state index in [1.54, 1.807) is 0 Å². The molecule has 1 aromatic heterocycles. The Morgan fingerprint density at radius 3 is 3.06 bits per heavy atom. The van der Waals surface area contributed by atoms with Gasteiger partial charge in [-0.15, -0.1) is 5.10 Å². The highest BCUT2D eigenvalue weighted by Crippen LogP contribution is 2.23. The Morgan fingerprint density at radius 2 is 2.39 bits per heavy atom. The predicted molar refractivity (Wildman–Crippen MR) is 66.1 cm³/mol. The summed E-state index contributed by atoms with van der Waals surface area (Å²) in [5.41, 5.74) is 0. The SMILES string of the molecule is CCc1nc(C(=O)NCC2CCCC(O)C2)n[nH]1. The third-order valence-corrected chi connectivity index (χ3v) is 3.38. The zero-order valence-corrected chi connectivity index (χ0v) is 10.6. The number of carbonyl (C=O) groups excluding carboxylic acids is 1. The van der Waals surface area contributed by atoms with Crippen LogP contribution in [0.5, 0.6) is 0 Å². The normalized spacial score (nSPS) is 23.9. The number of nitrogens with zero attached hydrogens (tertiary/aromatic N) is 2. The van der Waals surface area contributed by atoms with Crippen LogP contribution in [-0.4, -0.2) is 38.8 Å². The zero-order valence-electron chi connectivity index (χ0n) is 10.6. The summed E-state index contributed by atoms with van der Waals surface area (Å²) in [4.78, 5) is 15.9. The van der Waals surface area contributed by atoms with Crippen LogP contribution in [0, 0.1) is 5.92 Å². The summed E-state index contributed by atoms with van der Waals surface area (Å²) in [6, 6.07) is 0. The van der Waals surface area contributed by atoms with Gasteiger partial charge >= 0.3 is 0 Å². The van der Waals surface area contributed by atoms with Gasteiger partial charge in [0, 0.05) is 13.0 Å². The topological polar surface area (TPSA) is 90.9 Å². The molecule has 0 bridgehead atoms. The van der Waals surface area contributed by atoms with Gasteiger partial charge in [0.25, 0.3) is 5.91 Å². The van der Waals surface area contributed by atoms with E-state index in [9.17, 15) is 9.90 Å². The maximum absolute atomic E-state index is 11.8. The first-order valence-electron chi connectivity index (χ1n) is 6.56. The summed E-state index contributed by atoms with van der Waals surface area (Å²) in [5, 5.41) is 19.0. The second kappa shape index (κ2) is 5.95. The van der Waals surface area contributed by atoms with Crippen LogP contribution < -0.4 is 5.32 Å². The number of nitrogens with one attached hydrogen (secondary N) is 2. The first-order valence-corrected chi connectivity index (χ1v) is 6.56. The highest BCUT2D eigenvalue weighted by atomic mass is 16.3. The first-order chi connectivity index (χ1) is 8.69.